The van der Waals surface area contributed by atoms with Gasteiger partial charge in [0.15, 0.2) is 0 Å². The molecule has 7 heteroatoms. The monoisotopic (exact) mass is 384 g/mol. The van der Waals surface area contributed by atoms with Crippen molar-refractivity contribution in [3.05, 3.63) is 36.2 Å². The van der Waals surface area contributed by atoms with Crippen molar-refractivity contribution in [1.29, 1.82) is 0 Å². The van der Waals surface area contributed by atoms with E-state index in [1.165, 1.54) is 0 Å². The second-order valence-electron chi connectivity index (χ2n) is 8.07. The maximum atomic E-state index is 13.0. The van der Waals surface area contributed by atoms with Crippen molar-refractivity contribution in [3.8, 4) is 11.5 Å². The zero-order valence-corrected chi connectivity index (χ0v) is 16.6. The summed E-state index contributed by atoms with van der Waals surface area (Å²) >= 11 is 0. The molecule has 0 saturated carbocycles. The van der Waals surface area contributed by atoms with E-state index in [0.717, 1.165) is 31.5 Å². The Balaban J connectivity index is 1.52. The van der Waals surface area contributed by atoms with Crippen molar-refractivity contribution >= 4 is 5.91 Å². The Morgan fingerprint density at radius 3 is 2.61 bits per heavy atom. The Bertz CT molecular complexity index is 786. The molecule has 0 aliphatic carbocycles. The lowest BCUT2D eigenvalue weighted by Gasteiger charge is -2.26. The van der Waals surface area contributed by atoms with Gasteiger partial charge in [0, 0.05) is 50.2 Å². The fourth-order valence-electron chi connectivity index (χ4n) is 4.27. The minimum absolute atomic E-state index is 0.0659. The highest BCUT2D eigenvalue weighted by Crippen LogP contribution is 2.35. The lowest BCUT2D eigenvalue weighted by atomic mass is 9.95. The summed E-state index contributed by atoms with van der Waals surface area (Å²) in [6.45, 7) is 3.62. The Morgan fingerprint density at radius 1 is 1.14 bits per heavy atom. The summed E-state index contributed by atoms with van der Waals surface area (Å²) in [5.74, 6) is 1.84. The van der Waals surface area contributed by atoms with Gasteiger partial charge in [0.25, 0.3) is 0 Å². The van der Waals surface area contributed by atoms with Gasteiger partial charge in [-0.1, -0.05) is 18.2 Å². The number of hydrogen-bond donors (Lipinski definition) is 0. The number of likely N-dealkylation sites (tertiary alicyclic amines) is 1. The van der Waals surface area contributed by atoms with Crippen molar-refractivity contribution in [3.63, 3.8) is 0 Å². The molecule has 0 spiro atoms. The van der Waals surface area contributed by atoms with Crippen LogP contribution < -0.4 is 0 Å². The second-order valence-corrected chi connectivity index (χ2v) is 8.07. The molecule has 2 aliphatic heterocycles. The molecule has 2 aliphatic rings. The Labute approximate surface area is 165 Å². The molecule has 0 N–H and O–H groups in total. The van der Waals surface area contributed by atoms with Crippen LogP contribution in [0, 0.1) is 11.8 Å². The van der Waals surface area contributed by atoms with Gasteiger partial charge in [0.2, 0.25) is 17.7 Å². The number of nitrogens with zero attached hydrogens (tertiary/aromatic N) is 4. The van der Waals surface area contributed by atoms with Crippen molar-refractivity contribution in [2.45, 2.75) is 18.8 Å². The molecule has 1 aromatic heterocycles. The van der Waals surface area contributed by atoms with E-state index in [2.05, 4.69) is 29.2 Å². The van der Waals surface area contributed by atoms with E-state index in [4.69, 9.17) is 9.15 Å². The largest absolute Gasteiger partial charge is 0.420 e. The quantitative estimate of drug-likeness (QED) is 0.788. The summed E-state index contributed by atoms with van der Waals surface area (Å²) < 4.78 is 11.5. The van der Waals surface area contributed by atoms with Crippen LogP contribution in [0.3, 0.4) is 0 Å². The van der Waals surface area contributed by atoms with Gasteiger partial charge < -0.3 is 19.0 Å². The third-order valence-electron chi connectivity index (χ3n) is 5.70. The van der Waals surface area contributed by atoms with Crippen LogP contribution in [-0.2, 0) is 9.53 Å². The molecule has 2 aromatic rings. The van der Waals surface area contributed by atoms with Gasteiger partial charge in [0.05, 0.1) is 5.92 Å². The Morgan fingerprint density at radius 2 is 1.89 bits per heavy atom. The van der Waals surface area contributed by atoms with Crippen molar-refractivity contribution in [1.82, 2.24) is 20.0 Å². The highest BCUT2D eigenvalue weighted by atomic mass is 16.5. The smallest absolute Gasteiger partial charge is 0.247 e. The van der Waals surface area contributed by atoms with Gasteiger partial charge in [0.1, 0.15) is 0 Å². The first kappa shape index (κ1) is 19.1. The van der Waals surface area contributed by atoms with Crippen molar-refractivity contribution in [2.24, 2.45) is 11.8 Å². The minimum Gasteiger partial charge on any atom is -0.420 e. The summed E-state index contributed by atoms with van der Waals surface area (Å²) in [4.78, 5) is 17.2. The maximum Gasteiger partial charge on any atom is 0.247 e. The number of aromatic nitrogens is 2. The number of amides is 1. The number of rotatable bonds is 5. The number of carbonyl (C=O) groups is 1. The topological polar surface area (TPSA) is 71.7 Å². The van der Waals surface area contributed by atoms with Crippen molar-refractivity contribution < 1.29 is 13.9 Å². The molecule has 2 atom stereocenters. The SMILES string of the molecule is CN(C)C[C@H]1CN(C(=O)C2CCOCC2)C[C@@H]1c1nnc(-c2ccccc2)o1. The predicted octanol–water partition coefficient (Wildman–Crippen LogP) is 2.27. The molecule has 7 nitrogen and oxygen atoms in total. The molecule has 150 valence electrons. The van der Waals surface area contributed by atoms with Crippen molar-refractivity contribution in [2.75, 3.05) is 46.9 Å². The van der Waals surface area contributed by atoms with Gasteiger partial charge in [-0.05, 0) is 39.1 Å². The van der Waals surface area contributed by atoms with E-state index < -0.39 is 0 Å². The van der Waals surface area contributed by atoms with Gasteiger partial charge >= 0.3 is 0 Å². The molecular weight excluding hydrogens is 356 g/mol. The number of benzene rings is 1. The first-order valence-electron chi connectivity index (χ1n) is 10.0. The maximum absolute atomic E-state index is 13.0. The van der Waals surface area contributed by atoms with E-state index in [-0.39, 0.29) is 23.7 Å². The first-order valence-corrected chi connectivity index (χ1v) is 10.0. The molecular formula is C21H28N4O3. The van der Waals surface area contributed by atoms with E-state index in [9.17, 15) is 4.79 Å². The zero-order valence-electron chi connectivity index (χ0n) is 16.6. The summed E-state index contributed by atoms with van der Waals surface area (Å²) in [7, 11) is 4.12. The molecule has 0 radical (unpaired) electrons. The summed E-state index contributed by atoms with van der Waals surface area (Å²) in [5, 5.41) is 8.60. The first-order chi connectivity index (χ1) is 13.6. The highest BCUT2D eigenvalue weighted by Gasteiger charge is 2.41. The number of ether oxygens (including phenoxy) is 1. The van der Waals surface area contributed by atoms with Crippen LogP contribution in [-0.4, -0.2) is 72.8 Å². The van der Waals surface area contributed by atoms with E-state index in [0.29, 0.717) is 31.5 Å². The van der Waals surface area contributed by atoms with E-state index in [1.54, 1.807) is 0 Å². The molecule has 4 rings (SSSR count). The highest BCUT2D eigenvalue weighted by molar-refractivity contribution is 5.79. The third kappa shape index (κ3) is 4.10. The zero-order chi connectivity index (χ0) is 19.5. The van der Waals surface area contributed by atoms with E-state index in [1.807, 2.05) is 35.2 Å². The van der Waals surface area contributed by atoms with Crippen LogP contribution >= 0.6 is 0 Å². The Hall–Kier alpha value is -2.25. The van der Waals surface area contributed by atoms with Gasteiger partial charge in [-0.15, -0.1) is 10.2 Å². The van der Waals surface area contributed by atoms with Crippen LogP contribution in [0.1, 0.15) is 24.7 Å². The normalized spacial score (nSPS) is 23.5. The molecule has 0 bridgehead atoms. The fraction of sp³-hybridized carbons (Fsp3) is 0.571. The third-order valence-corrected chi connectivity index (χ3v) is 5.70. The fourth-order valence-corrected chi connectivity index (χ4v) is 4.27. The average molecular weight is 384 g/mol. The van der Waals surface area contributed by atoms with Crippen LogP contribution in [0.2, 0.25) is 0 Å². The Kier molecular flexibility index (Phi) is 5.73. The average Bonchev–Trinajstić information content (AvgIpc) is 3.35. The second kappa shape index (κ2) is 8.41. The molecule has 1 amide bonds. The minimum atomic E-state index is 0.0659. The molecule has 1 aromatic carbocycles. The molecule has 2 saturated heterocycles. The predicted molar refractivity (Wildman–Crippen MR) is 105 cm³/mol. The number of hydrogen-bond acceptors (Lipinski definition) is 6. The van der Waals surface area contributed by atoms with Gasteiger partial charge in [-0.3, -0.25) is 4.79 Å². The van der Waals surface area contributed by atoms with Crippen LogP contribution in [0.4, 0.5) is 0 Å². The summed E-state index contributed by atoms with van der Waals surface area (Å²) in [5.41, 5.74) is 0.915. The lowest BCUT2D eigenvalue weighted by molar-refractivity contribution is -0.137. The summed E-state index contributed by atoms with van der Waals surface area (Å²) in [6, 6.07) is 9.80. The molecule has 28 heavy (non-hydrogen) atoms. The molecule has 0 unspecified atom stereocenters. The van der Waals surface area contributed by atoms with Gasteiger partial charge in [-0.2, -0.15) is 0 Å². The van der Waals surface area contributed by atoms with Crippen LogP contribution in [0.5, 0.6) is 0 Å². The molecule has 3 heterocycles. The summed E-state index contributed by atoms with van der Waals surface area (Å²) in [6.07, 6.45) is 1.63. The van der Waals surface area contributed by atoms with E-state index >= 15 is 0 Å². The standard InChI is InChI=1S/C21H28N4O3/c1-24(2)12-17-13-25(21(26)16-8-10-27-11-9-16)14-18(17)20-23-22-19(28-20)15-6-4-3-5-7-15/h3-7,16-18H,8-14H2,1-2H3/t17-,18-/m0/s1. The van der Waals surface area contributed by atoms with Crippen LogP contribution in [0.15, 0.2) is 34.7 Å². The number of carbonyl (C=O) groups excluding carboxylic acids is 1. The lowest BCUT2D eigenvalue weighted by Crippen LogP contribution is -2.37. The van der Waals surface area contributed by atoms with Crippen LogP contribution in [0.25, 0.3) is 11.5 Å². The molecule has 2 fully saturated rings. The van der Waals surface area contributed by atoms with Gasteiger partial charge in [-0.25, -0.2) is 0 Å².